The van der Waals surface area contributed by atoms with Crippen LogP contribution < -0.4 is 20.5 Å². The molecule has 0 aromatic heterocycles. The molecule has 1 aromatic carbocycles. The summed E-state index contributed by atoms with van der Waals surface area (Å²) in [5.41, 5.74) is 6.14. The van der Waals surface area contributed by atoms with Gasteiger partial charge in [0.15, 0.2) is 6.61 Å². The molecule has 1 aliphatic heterocycles. The van der Waals surface area contributed by atoms with Gasteiger partial charge in [0.2, 0.25) is 0 Å². The molecule has 1 heterocycles. The second-order valence-corrected chi connectivity index (χ2v) is 3.43. The number of amides is 1. The van der Waals surface area contributed by atoms with Crippen LogP contribution in [0.1, 0.15) is 0 Å². The fraction of sp³-hybridized carbons (Fsp3) is 0.300. The zero-order chi connectivity index (χ0) is 12.4. The Morgan fingerprint density at radius 3 is 3.00 bits per heavy atom. The van der Waals surface area contributed by atoms with E-state index in [1.54, 1.807) is 0 Å². The van der Waals surface area contributed by atoms with Crippen LogP contribution in [-0.4, -0.2) is 25.5 Å². The van der Waals surface area contributed by atoms with Crippen LogP contribution in [0, 0.1) is 0 Å². The molecule has 0 saturated heterocycles. The average molecular weight is 244 g/mol. The van der Waals surface area contributed by atoms with Gasteiger partial charge in [-0.15, -0.1) is 0 Å². The molecule has 7 heteroatoms. The molecule has 92 valence electrons. The van der Waals surface area contributed by atoms with Gasteiger partial charge in [-0.1, -0.05) is 0 Å². The van der Waals surface area contributed by atoms with E-state index in [1.165, 1.54) is 12.1 Å². The van der Waals surface area contributed by atoms with Crippen molar-refractivity contribution in [2.24, 2.45) is 0 Å². The minimum Gasteiger partial charge on any atom is -0.485 e. The highest BCUT2D eigenvalue weighted by Crippen LogP contribution is 2.36. The van der Waals surface area contributed by atoms with Crippen molar-refractivity contribution in [3.05, 3.63) is 12.1 Å². The number of halogens is 2. The number of alkyl halides is 2. The van der Waals surface area contributed by atoms with Crippen LogP contribution in [0.4, 0.5) is 20.2 Å². The van der Waals surface area contributed by atoms with Gasteiger partial charge in [0.25, 0.3) is 12.3 Å². The Hall–Kier alpha value is -2.05. The third-order valence-electron chi connectivity index (χ3n) is 2.11. The molecule has 0 atom stereocenters. The smallest absolute Gasteiger partial charge is 0.272 e. The van der Waals surface area contributed by atoms with E-state index in [1.807, 2.05) is 0 Å². The highest BCUT2D eigenvalue weighted by Gasteiger charge is 2.18. The molecular formula is C10H10F2N2O3. The number of carbonyl (C=O) groups excluding carboxylic acids is 1. The molecular weight excluding hydrogens is 234 g/mol. The van der Waals surface area contributed by atoms with Gasteiger partial charge in [0.05, 0.1) is 11.4 Å². The van der Waals surface area contributed by atoms with Crippen molar-refractivity contribution < 1.29 is 23.0 Å². The van der Waals surface area contributed by atoms with Gasteiger partial charge in [0.1, 0.15) is 18.1 Å². The standard InChI is InChI=1S/C10H10F2N2O3/c11-9(12)3-16-7-2-6-8(1-5(7)13)17-4-10(15)14-6/h1-2,9H,3-4,13H2,(H,14,15). The topological polar surface area (TPSA) is 73.6 Å². The Balaban J connectivity index is 2.23. The first kappa shape index (κ1) is 11.4. The number of hydrogen-bond acceptors (Lipinski definition) is 4. The lowest BCUT2D eigenvalue weighted by Gasteiger charge is -2.19. The van der Waals surface area contributed by atoms with Gasteiger partial charge < -0.3 is 20.5 Å². The zero-order valence-corrected chi connectivity index (χ0v) is 8.70. The van der Waals surface area contributed by atoms with Gasteiger partial charge in [-0.3, -0.25) is 4.79 Å². The summed E-state index contributed by atoms with van der Waals surface area (Å²) in [4.78, 5) is 11.1. The van der Waals surface area contributed by atoms with E-state index >= 15 is 0 Å². The normalized spacial score (nSPS) is 13.9. The predicted octanol–water partition coefficient (Wildman–Crippen LogP) is 1.24. The minimum absolute atomic E-state index is 0.0925. The van der Waals surface area contributed by atoms with Crippen molar-refractivity contribution in [3.8, 4) is 11.5 Å². The highest BCUT2D eigenvalue weighted by atomic mass is 19.3. The van der Waals surface area contributed by atoms with Gasteiger partial charge in [-0.2, -0.15) is 0 Å². The largest absolute Gasteiger partial charge is 0.485 e. The fourth-order valence-corrected chi connectivity index (χ4v) is 1.40. The van der Waals surface area contributed by atoms with Crippen LogP contribution in [0.15, 0.2) is 12.1 Å². The lowest BCUT2D eigenvalue weighted by Crippen LogP contribution is -2.25. The molecule has 0 unspecified atom stereocenters. The van der Waals surface area contributed by atoms with Crippen LogP contribution in [-0.2, 0) is 4.79 Å². The summed E-state index contributed by atoms with van der Waals surface area (Å²) in [5, 5.41) is 2.53. The summed E-state index contributed by atoms with van der Waals surface area (Å²) in [7, 11) is 0. The van der Waals surface area contributed by atoms with Crippen molar-refractivity contribution >= 4 is 17.3 Å². The number of nitrogens with one attached hydrogen (secondary N) is 1. The predicted molar refractivity (Wildman–Crippen MR) is 56.5 cm³/mol. The van der Waals surface area contributed by atoms with Crippen molar-refractivity contribution in [3.63, 3.8) is 0 Å². The van der Waals surface area contributed by atoms with Gasteiger partial charge in [-0.05, 0) is 0 Å². The molecule has 17 heavy (non-hydrogen) atoms. The fourth-order valence-electron chi connectivity index (χ4n) is 1.40. The maximum atomic E-state index is 12.0. The van der Waals surface area contributed by atoms with E-state index < -0.39 is 13.0 Å². The summed E-state index contributed by atoms with van der Waals surface area (Å²) in [6, 6.07) is 2.79. The lowest BCUT2D eigenvalue weighted by atomic mass is 10.2. The van der Waals surface area contributed by atoms with Gasteiger partial charge in [0, 0.05) is 12.1 Å². The highest BCUT2D eigenvalue weighted by molar-refractivity contribution is 5.96. The van der Waals surface area contributed by atoms with Gasteiger partial charge in [-0.25, -0.2) is 8.78 Å². The van der Waals surface area contributed by atoms with E-state index in [9.17, 15) is 13.6 Å². The molecule has 0 radical (unpaired) electrons. The second kappa shape index (κ2) is 4.44. The maximum absolute atomic E-state index is 12.0. The van der Waals surface area contributed by atoms with E-state index in [0.717, 1.165) is 0 Å². The molecule has 0 bridgehead atoms. The van der Waals surface area contributed by atoms with Crippen LogP contribution in [0.2, 0.25) is 0 Å². The quantitative estimate of drug-likeness (QED) is 0.784. The van der Waals surface area contributed by atoms with Crippen LogP contribution in [0.25, 0.3) is 0 Å². The van der Waals surface area contributed by atoms with Gasteiger partial charge >= 0.3 is 0 Å². The molecule has 5 nitrogen and oxygen atoms in total. The number of carbonyl (C=O) groups is 1. The van der Waals surface area contributed by atoms with E-state index in [4.69, 9.17) is 15.2 Å². The Morgan fingerprint density at radius 2 is 2.29 bits per heavy atom. The first-order valence-electron chi connectivity index (χ1n) is 4.83. The molecule has 3 N–H and O–H groups in total. The number of hydrogen-bond donors (Lipinski definition) is 2. The number of nitrogen functional groups attached to an aromatic ring is 1. The number of ether oxygens (including phenoxy) is 2. The number of nitrogens with two attached hydrogens (primary N) is 1. The monoisotopic (exact) mass is 244 g/mol. The summed E-state index contributed by atoms with van der Waals surface area (Å²) in [6.45, 7) is -0.846. The number of benzene rings is 1. The van der Waals surface area contributed by atoms with Crippen LogP contribution in [0.5, 0.6) is 11.5 Å². The Morgan fingerprint density at radius 1 is 1.53 bits per heavy atom. The van der Waals surface area contributed by atoms with E-state index in [0.29, 0.717) is 11.4 Å². The van der Waals surface area contributed by atoms with Crippen LogP contribution in [0.3, 0.4) is 0 Å². The molecule has 1 aromatic rings. The molecule has 0 saturated carbocycles. The number of anilines is 2. The van der Waals surface area contributed by atoms with Crippen molar-refractivity contribution in [2.45, 2.75) is 6.43 Å². The Bertz CT molecular complexity index is 451. The average Bonchev–Trinajstić information content (AvgIpc) is 2.26. The second-order valence-electron chi connectivity index (χ2n) is 3.43. The molecule has 0 spiro atoms. The molecule has 1 aliphatic rings. The lowest BCUT2D eigenvalue weighted by molar-refractivity contribution is -0.118. The molecule has 2 rings (SSSR count). The zero-order valence-electron chi connectivity index (χ0n) is 8.70. The third-order valence-corrected chi connectivity index (χ3v) is 2.11. The van der Waals surface area contributed by atoms with Crippen molar-refractivity contribution in [2.75, 3.05) is 24.3 Å². The summed E-state index contributed by atoms with van der Waals surface area (Å²) >= 11 is 0. The van der Waals surface area contributed by atoms with Crippen molar-refractivity contribution in [1.29, 1.82) is 0 Å². The Kier molecular flexibility index (Phi) is 2.99. The number of rotatable bonds is 3. The first-order chi connectivity index (χ1) is 8.06. The summed E-state index contributed by atoms with van der Waals surface area (Å²) in [6.07, 6.45) is -2.59. The van der Waals surface area contributed by atoms with E-state index in [2.05, 4.69) is 5.32 Å². The Labute approximate surface area is 95.5 Å². The van der Waals surface area contributed by atoms with Crippen molar-refractivity contribution in [1.82, 2.24) is 0 Å². The van der Waals surface area contributed by atoms with E-state index in [-0.39, 0.29) is 24.0 Å². The molecule has 0 fully saturated rings. The number of fused-ring (bicyclic) bond motifs is 1. The van der Waals surface area contributed by atoms with Crippen LogP contribution >= 0.6 is 0 Å². The first-order valence-corrected chi connectivity index (χ1v) is 4.83. The minimum atomic E-state index is -2.59. The summed E-state index contributed by atoms with van der Waals surface area (Å²) < 4.78 is 33.9. The molecule has 1 amide bonds. The maximum Gasteiger partial charge on any atom is 0.272 e. The summed E-state index contributed by atoms with van der Waals surface area (Å²) in [5.74, 6) is 0.170. The third kappa shape index (κ3) is 2.55. The SMILES string of the molecule is Nc1cc2c(cc1OCC(F)F)NC(=O)CO2. The molecule has 0 aliphatic carbocycles.